The van der Waals surface area contributed by atoms with Gasteiger partial charge in [-0.15, -0.1) is 0 Å². The number of carbonyl (C=O) groups is 1. The summed E-state index contributed by atoms with van der Waals surface area (Å²) < 4.78 is 0.852. The van der Waals surface area contributed by atoms with Gasteiger partial charge in [-0.3, -0.25) is 20.5 Å². The molecule has 0 spiro atoms. The summed E-state index contributed by atoms with van der Waals surface area (Å²) in [5, 5.41) is 24.1. The zero-order valence-electron chi connectivity index (χ0n) is 12.5. The number of amides is 1. The Morgan fingerprint density at radius 1 is 1.24 bits per heavy atom. The van der Waals surface area contributed by atoms with Crippen LogP contribution >= 0.6 is 11.3 Å². The molecule has 0 aliphatic carbocycles. The molecule has 0 radical (unpaired) electrons. The quantitative estimate of drug-likeness (QED) is 0.543. The molecule has 2 aromatic heterocycles. The van der Waals surface area contributed by atoms with Crippen molar-refractivity contribution in [2.75, 3.05) is 10.7 Å². The van der Waals surface area contributed by atoms with E-state index in [9.17, 15) is 4.79 Å². The SMILES string of the molecule is N#CC(C#N)=NNc1ccc2sc(NC(=O)c3cnccn3)nc2c1. The first-order valence-corrected chi connectivity index (χ1v) is 7.63. The minimum atomic E-state index is -0.400. The highest BCUT2D eigenvalue weighted by atomic mass is 32.1. The van der Waals surface area contributed by atoms with E-state index in [1.54, 1.807) is 30.3 Å². The lowest BCUT2D eigenvalue weighted by Crippen LogP contribution is -2.13. The molecule has 25 heavy (non-hydrogen) atoms. The lowest BCUT2D eigenvalue weighted by Gasteiger charge is -1.99. The van der Waals surface area contributed by atoms with Crippen molar-refractivity contribution in [2.45, 2.75) is 0 Å². The number of aromatic nitrogens is 3. The molecule has 0 fully saturated rings. The number of rotatable bonds is 4. The average Bonchev–Trinajstić information content (AvgIpc) is 3.04. The molecule has 0 bridgehead atoms. The number of nitriles is 2. The lowest BCUT2D eigenvalue weighted by atomic mass is 10.3. The molecule has 1 amide bonds. The number of thiazole rings is 1. The number of hydrazone groups is 1. The fourth-order valence-corrected chi connectivity index (χ4v) is 2.66. The Bertz CT molecular complexity index is 1030. The standard InChI is InChI=1S/C15H8N8OS/c16-6-10(7-17)23-22-9-1-2-13-11(5-9)20-15(25-13)21-14(24)12-8-18-3-4-19-12/h1-5,8,22H,(H,20,21,24). The van der Waals surface area contributed by atoms with E-state index in [0.717, 1.165) is 4.70 Å². The predicted octanol–water partition coefficient (Wildman–Crippen LogP) is 2.15. The van der Waals surface area contributed by atoms with E-state index < -0.39 is 5.91 Å². The summed E-state index contributed by atoms with van der Waals surface area (Å²) in [6, 6.07) is 8.52. The Balaban J connectivity index is 1.79. The van der Waals surface area contributed by atoms with Crippen LogP contribution in [0.1, 0.15) is 10.5 Å². The van der Waals surface area contributed by atoms with Crippen molar-refractivity contribution in [3.63, 3.8) is 0 Å². The van der Waals surface area contributed by atoms with Crippen molar-refractivity contribution in [3.05, 3.63) is 42.5 Å². The van der Waals surface area contributed by atoms with Crippen molar-refractivity contribution in [2.24, 2.45) is 5.10 Å². The maximum atomic E-state index is 12.1. The number of anilines is 2. The number of fused-ring (bicyclic) bond motifs is 1. The zero-order valence-corrected chi connectivity index (χ0v) is 13.3. The molecule has 10 heteroatoms. The third-order valence-electron chi connectivity index (χ3n) is 2.91. The zero-order chi connectivity index (χ0) is 17.6. The third kappa shape index (κ3) is 3.72. The van der Waals surface area contributed by atoms with Crippen LogP contribution in [0.5, 0.6) is 0 Å². The van der Waals surface area contributed by atoms with Gasteiger partial charge in [-0.1, -0.05) is 11.3 Å². The molecule has 9 nitrogen and oxygen atoms in total. The van der Waals surface area contributed by atoms with Gasteiger partial charge in [-0.25, -0.2) is 9.97 Å². The minimum absolute atomic E-state index is 0.194. The van der Waals surface area contributed by atoms with Crippen molar-refractivity contribution in [1.82, 2.24) is 15.0 Å². The van der Waals surface area contributed by atoms with E-state index in [-0.39, 0.29) is 11.4 Å². The highest BCUT2D eigenvalue weighted by Crippen LogP contribution is 2.28. The predicted molar refractivity (Wildman–Crippen MR) is 91.9 cm³/mol. The van der Waals surface area contributed by atoms with Crippen LogP contribution in [-0.4, -0.2) is 26.6 Å². The number of nitrogens with one attached hydrogen (secondary N) is 2. The first-order chi connectivity index (χ1) is 12.2. The summed E-state index contributed by atoms with van der Waals surface area (Å²) in [6.07, 6.45) is 4.28. The molecule has 120 valence electrons. The molecule has 0 aliphatic rings. The molecule has 2 heterocycles. The van der Waals surface area contributed by atoms with E-state index in [2.05, 4.69) is 30.8 Å². The number of hydrogen-bond acceptors (Lipinski definition) is 9. The fraction of sp³-hybridized carbons (Fsp3) is 0. The minimum Gasteiger partial charge on any atom is -0.296 e. The van der Waals surface area contributed by atoms with Gasteiger partial charge in [-0.05, 0) is 18.2 Å². The number of carbonyl (C=O) groups excluding carboxylic acids is 1. The maximum absolute atomic E-state index is 12.1. The summed E-state index contributed by atoms with van der Waals surface area (Å²) in [5.41, 5.74) is 3.72. The van der Waals surface area contributed by atoms with Gasteiger partial charge in [0.25, 0.3) is 5.91 Å². The Labute approximate surface area is 145 Å². The normalized spacial score (nSPS) is 9.68. The Hall–Kier alpha value is -3.89. The van der Waals surface area contributed by atoms with Crippen LogP contribution in [0.3, 0.4) is 0 Å². The molecule has 2 N–H and O–H groups in total. The molecule has 0 saturated carbocycles. The Morgan fingerprint density at radius 3 is 2.80 bits per heavy atom. The van der Waals surface area contributed by atoms with Crippen LogP contribution in [0.25, 0.3) is 10.2 Å². The van der Waals surface area contributed by atoms with Crippen LogP contribution in [0.15, 0.2) is 41.9 Å². The molecular formula is C15H8N8OS. The van der Waals surface area contributed by atoms with Crippen LogP contribution in [0, 0.1) is 22.7 Å². The molecule has 0 saturated heterocycles. The van der Waals surface area contributed by atoms with Gasteiger partial charge < -0.3 is 0 Å². The summed E-state index contributed by atoms with van der Waals surface area (Å²) in [5.74, 6) is -0.400. The van der Waals surface area contributed by atoms with Crippen molar-refractivity contribution < 1.29 is 4.79 Å². The average molecular weight is 348 g/mol. The summed E-state index contributed by atoms with van der Waals surface area (Å²) in [6.45, 7) is 0. The Kier molecular flexibility index (Phi) is 4.55. The van der Waals surface area contributed by atoms with E-state index in [0.29, 0.717) is 16.3 Å². The molecule has 0 aliphatic heterocycles. The van der Waals surface area contributed by atoms with Crippen LogP contribution < -0.4 is 10.7 Å². The van der Waals surface area contributed by atoms with Crippen molar-refractivity contribution >= 4 is 44.0 Å². The van der Waals surface area contributed by atoms with Crippen LogP contribution in [0.2, 0.25) is 0 Å². The topological polar surface area (TPSA) is 140 Å². The monoisotopic (exact) mass is 348 g/mol. The lowest BCUT2D eigenvalue weighted by molar-refractivity contribution is 0.102. The van der Waals surface area contributed by atoms with Crippen molar-refractivity contribution in [3.8, 4) is 12.1 Å². The van der Waals surface area contributed by atoms with E-state index in [1.807, 2.05) is 0 Å². The molecule has 3 rings (SSSR count). The second-order valence-corrected chi connectivity index (χ2v) is 5.57. The largest absolute Gasteiger partial charge is 0.296 e. The maximum Gasteiger partial charge on any atom is 0.277 e. The molecule has 0 atom stereocenters. The smallest absolute Gasteiger partial charge is 0.277 e. The molecule has 1 aromatic carbocycles. The highest BCUT2D eigenvalue weighted by molar-refractivity contribution is 7.22. The first kappa shape index (κ1) is 16.0. The van der Waals surface area contributed by atoms with E-state index >= 15 is 0 Å². The van der Waals surface area contributed by atoms with E-state index in [4.69, 9.17) is 10.5 Å². The van der Waals surface area contributed by atoms with Gasteiger partial charge in [0.15, 0.2) is 5.13 Å². The number of benzene rings is 1. The van der Waals surface area contributed by atoms with Gasteiger partial charge in [-0.2, -0.15) is 15.6 Å². The third-order valence-corrected chi connectivity index (χ3v) is 3.86. The number of nitrogens with zero attached hydrogens (tertiary/aromatic N) is 6. The van der Waals surface area contributed by atoms with Gasteiger partial charge in [0.1, 0.15) is 17.8 Å². The van der Waals surface area contributed by atoms with Crippen LogP contribution in [-0.2, 0) is 0 Å². The first-order valence-electron chi connectivity index (χ1n) is 6.81. The number of hydrogen-bond donors (Lipinski definition) is 2. The second kappa shape index (κ2) is 7.12. The summed E-state index contributed by atoms with van der Waals surface area (Å²) >= 11 is 1.30. The van der Waals surface area contributed by atoms with Crippen LogP contribution in [0.4, 0.5) is 10.8 Å². The van der Waals surface area contributed by atoms with Gasteiger partial charge in [0, 0.05) is 12.4 Å². The second-order valence-electron chi connectivity index (χ2n) is 4.54. The molecular weight excluding hydrogens is 340 g/mol. The summed E-state index contributed by atoms with van der Waals surface area (Å²) in [7, 11) is 0. The molecule has 0 unspecified atom stereocenters. The molecule has 3 aromatic rings. The van der Waals surface area contributed by atoms with E-state index in [1.165, 1.54) is 29.9 Å². The fourth-order valence-electron chi connectivity index (χ4n) is 1.82. The summed E-state index contributed by atoms with van der Waals surface area (Å²) in [4.78, 5) is 24.2. The van der Waals surface area contributed by atoms with Gasteiger partial charge in [0.2, 0.25) is 5.71 Å². The van der Waals surface area contributed by atoms with Gasteiger partial charge >= 0.3 is 0 Å². The van der Waals surface area contributed by atoms with Gasteiger partial charge in [0.05, 0.1) is 22.1 Å². The van der Waals surface area contributed by atoms with Crippen molar-refractivity contribution in [1.29, 1.82) is 10.5 Å². The highest BCUT2D eigenvalue weighted by Gasteiger charge is 2.11. The Morgan fingerprint density at radius 2 is 2.08 bits per heavy atom.